The molecule has 27 heavy (non-hydrogen) atoms. The first-order valence-electron chi connectivity index (χ1n) is 9.50. The lowest BCUT2D eigenvalue weighted by atomic mass is 9.94. The van der Waals surface area contributed by atoms with Crippen LogP contribution in [0.15, 0.2) is 66.7 Å². The standard InChI is InChI=1S/C24H24FNO/c1-17-6-4-7-18(14-17)8-5-13-26-24-21-10-3-2-9-19(21)16-27-23-12-11-20(25)15-22(23)24/h2-4,6-7,9-12,14-15,24,26H,5,8,13,16H2,1H3. The van der Waals surface area contributed by atoms with Gasteiger partial charge in [-0.05, 0) is 61.2 Å². The molecule has 1 heterocycles. The van der Waals surface area contributed by atoms with Crippen molar-refractivity contribution in [3.05, 3.63) is 100 Å². The van der Waals surface area contributed by atoms with Crippen LogP contribution in [0.4, 0.5) is 4.39 Å². The van der Waals surface area contributed by atoms with E-state index in [0.717, 1.165) is 41.8 Å². The van der Waals surface area contributed by atoms with Gasteiger partial charge in [0.05, 0.1) is 6.04 Å². The number of halogens is 1. The van der Waals surface area contributed by atoms with Crippen LogP contribution in [0.3, 0.4) is 0 Å². The zero-order valence-corrected chi connectivity index (χ0v) is 15.5. The molecular formula is C24H24FNO. The van der Waals surface area contributed by atoms with E-state index in [9.17, 15) is 4.39 Å². The summed E-state index contributed by atoms with van der Waals surface area (Å²) in [6, 6.07) is 21.6. The van der Waals surface area contributed by atoms with Gasteiger partial charge in [0.15, 0.2) is 0 Å². The highest BCUT2D eigenvalue weighted by molar-refractivity contribution is 5.46. The van der Waals surface area contributed by atoms with E-state index in [-0.39, 0.29) is 11.9 Å². The summed E-state index contributed by atoms with van der Waals surface area (Å²) >= 11 is 0. The molecule has 138 valence electrons. The van der Waals surface area contributed by atoms with Gasteiger partial charge in [0.1, 0.15) is 18.2 Å². The molecule has 3 aromatic carbocycles. The molecule has 3 heteroatoms. The van der Waals surface area contributed by atoms with E-state index < -0.39 is 0 Å². The van der Waals surface area contributed by atoms with Crippen LogP contribution in [0.2, 0.25) is 0 Å². The molecule has 0 radical (unpaired) electrons. The molecule has 2 nitrogen and oxygen atoms in total. The van der Waals surface area contributed by atoms with E-state index in [1.165, 1.54) is 17.2 Å². The fourth-order valence-electron chi connectivity index (χ4n) is 3.77. The number of aryl methyl sites for hydroxylation is 2. The average Bonchev–Trinajstić information content (AvgIpc) is 2.82. The highest BCUT2D eigenvalue weighted by atomic mass is 19.1. The van der Waals surface area contributed by atoms with Gasteiger partial charge in [-0.3, -0.25) is 0 Å². The van der Waals surface area contributed by atoms with Gasteiger partial charge in [0, 0.05) is 5.56 Å². The third-order valence-electron chi connectivity index (χ3n) is 5.11. The molecule has 0 aliphatic carbocycles. The van der Waals surface area contributed by atoms with E-state index in [1.807, 2.05) is 12.1 Å². The molecule has 0 aromatic heterocycles. The number of hydrogen-bond acceptors (Lipinski definition) is 2. The van der Waals surface area contributed by atoms with E-state index >= 15 is 0 Å². The number of fused-ring (bicyclic) bond motifs is 2. The molecule has 4 rings (SSSR count). The predicted octanol–water partition coefficient (Wildman–Crippen LogP) is 5.34. The minimum absolute atomic E-state index is 0.0630. The van der Waals surface area contributed by atoms with Gasteiger partial charge in [-0.25, -0.2) is 4.39 Å². The van der Waals surface area contributed by atoms with Crippen LogP contribution in [-0.4, -0.2) is 6.54 Å². The Kier molecular flexibility index (Phi) is 5.21. The molecule has 1 N–H and O–H groups in total. The summed E-state index contributed by atoms with van der Waals surface area (Å²) in [4.78, 5) is 0. The summed E-state index contributed by atoms with van der Waals surface area (Å²) in [5, 5.41) is 3.64. The van der Waals surface area contributed by atoms with Gasteiger partial charge in [-0.1, -0.05) is 54.1 Å². The summed E-state index contributed by atoms with van der Waals surface area (Å²) in [6.45, 7) is 3.48. The number of hydrogen-bond donors (Lipinski definition) is 1. The van der Waals surface area contributed by atoms with E-state index in [1.54, 1.807) is 12.1 Å². The fraction of sp³-hybridized carbons (Fsp3) is 0.250. The molecule has 0 fully saturated rings. The molecule has 1 atom stereocenters. The fourth-order valence-corrected chi connectivity index (χ4v) is 3.77. The zero-order chi connectivity index (χ0) is 18.6. The third-order valence-corrected chi connectivity index (χ3v) is 5.11. The lowest BCUT2D eigenvalue weighted by Gasteiger charge is -2.21. The average molecular weight is 361 g/mol. The Labute approximate surface area is 160 Å². The van der Waals surface area contributed by atoms with Crippen molar-refractivity contribution in [1.29, 1.82) is 0 Å². The van der Waals surface area contributed by atoms with E-state index in [2.05, 4.69) is 48.6 Å². The maximum atomic E-state index is 13.9. The molecule has 0 spiro atoms. The summed E-state index contributed by atoms with van der Waals surface area (Å²) < 4.78 is 19.9. The second-order valence-electron chi connectivity index (χ2n) is 7.15. The second kappa shape index (κ2) is 7.93. The quantitative estimate of drug-likeness (QED) is 0.620. The first-order chi connectivity index (χ1) is 13.2. The normalized spacial score (nSPS) is 15.4. The van der Waals surface area contributed by atoms with Crippen LogP contribution in [0, 0.1) is 12.7 Å². The lowest BCUT2D eigenvalue weighted by molar-refractivity contribution is 0.306. The van der Waals surface area contributed by atoms with Crippen LogP contribution < -0.4 is 10.1 Å². The van der Waals surface area contributed by atoms with Crippen LogP contribution in [0.25, 0.3) is 0 Å². The van der Waals surface area contributed by atoms with Crippen molar-refractivity contribution >= 4 is 0 Å². The first-order valence-corrected chi connectivity index (χ1v) is 9.50. The SMILES string of the molecule is Cc1cccc(CCCNC2c3ccccc3COc3ccc(F)cc32)c1. The molecule has 0 amide bonds. The van der Waals surface area contributed by atoms with E-state index in [4.69, 9.17) is 4.74 Å². The van der Waals surface area contributed by atoms with Crippen molar-refractivity contribution in [2.24, 2.45) is 0 Å². The van der Waals surface area contributed by atoms with Gasteiger partial charge in [0.25, 0.3) is 0 Å². The van der Waals surface area contributed by atoms with Crippen molar-refractivity contribution in [3.8, 4) is 5.75 Å². The maximum Gasteiger partial charge on any atom is 0.125 e. The summed E-state index contributed by atoms with van der Waals surface area (Å²) in [5.74, 6) is 0.520. The molecule has 0 bridgehead atoms. The minimum atomic E-state index is -0.233. The summed E-state index contributed by atoms with van der Waals surface area (Å²) in [5.41, 5.74) is 5.82. The summed E-state index contributed by atoms with van der Waals surface area (Å²) in [6.07, 6.45) is 2.04. The Morgan fingerprint density at radius 1 is 1.00 bits per heavy atom. The highest BCUT2D eigenvalue weighted by Crippen LogP contribution is 2.36. The van der Waals surface area contributed by atoms with Gasteiger partial charge >= 0.3 is 0 Å². The second-order valence-corrected chi connectivity index (χ2v) is 7.15. The van der Waals surface area contributed by atoms with Crippen molar-refractivity contribution in [3.63, 3.8) is 0 Å². The zero-order valence-electron chi connectivity index (χ0n) is 15.5. The smallest absolute Gasteiger partial charge is 0.125 e. The van der Waals surface area contributed by atoms with Crippen LogP contribution in [-0.2, 0) is 13.0 Å². The largest absolute Gasteiger partial charge is 0.489 e. The molecule has 1 unspecified atom stereocenters. The monoisotopic (exact) mass is 361 g/mol. The maximum absolute atomic E-state index is 13.9. The lowest BCUT2D eigenvalue weighted by Crippen LogP contribution is -2.24. The highest BCUT2D eigenvalue weighted by Gasteiger charge is 2.24. The Balaban J connectivity index is 1.53. The first kappa shape index (κ1) is 17.7. The molecule has 1 aliphatic heterocycles. The van der Waals surface area contributed by atoms with Crippen molar-refractivity contribution < 1.29 is 9.13 Å². The topological polar surface area (TPSA) is 21.3 Å². The van der Waals surface area contributed by atoms with Crippen molar-refractivity contribution in [1.82, 2.24) is 5.32 Å². The number of nitrogens with one attached hydrogen (secondary N) is 1. The van der Waals surface area contributed by atoms with Gasteiger partial charge in [-0.2, -0.15) is 0 Å². The van der Waals surface area contributed by atoms with Gasteiger partial charge in [-0.15, -0.1) is 0 Å². The summed E-state index contributed by atoms with van der Waals surface area (Å²) in [7, 11) is 0. The van der Waals surface area contributed by atoms with Crippen molar-refractivity contribution in [2.75, 3.05) is 6.54 Å². The molecule has 0 saturated heterocycles. The molecule has 3 aromatic rings. The third kappa shape index (κ3) is 4.04. The molecular weight excluding hydrogens is 337 g/mol. The number of benzene rings is 3. The Bertz CT molecular complexity index is 937. The Morgan fingerprint density at radius 2 is 1.89 bits per heavy atom. The van der Waals surface area contributed by atoms with Crippen LogP contribution in [0.5, 0.6) is 5.75 Å². The molecule has 1 aliphatic rings. The van der Waals surface area contributed by atoms with Crippen molar-refractivity contribution in [2.45, 2.75) is 32.4 Å². The minimum Gasteiger partial charge on any atom is -0.489 e. The number of rotatable bonds is 5. The Morgan fingerprint density at radius 3 is 2.78 bits per heavy atom. The molecule has 0 saturated carbocycles. The van der Waals surface area contributed by atoms with Crippen LogP contribution in [0.1, 0.15) is 40.3 Å². The Hall–Kier alpha value is -2.65. The predicted molar refractivity (Wildman–Crippen MR) is 107 cm³/mol. The van der Waals surface area contributed by atoms with E-state index in [0.29, 0.717) is 6.61 Å². The van der Waals surface area contributed by atoms with Gasteiger partial charge < -0.3 is 10.1 Å². The van der Waals surface area contributed by atoms with Gasteiger partial charge in [0.2, 0.25) is 0 Å². The van der Waals surface area contributed by atoms with Crippen LogP contribution >= 0.6 is 0 Å². The number of ether oxygens (including phenoxy) is 1.